The number of ether oxygens (including phenoxy) is 4. The molecular weight excluding hydrogens is 422 g/mol. The van der Waals surface area contributed by atoms with E-state index in [9.17, 15) is 9.90 Å². The van der Waals surface area contributed by atoms with Gasteiger partial charge in [-0.2, -0.15) is 0 Å². The summed E-state index contributed by atoms with van der Waals surface area (Å²) >= 11 is 0. The SMILES string of the molecule is COC1=C[C@@H]2[C@H]3Cc4c(Oc5ccccc5OC)cc(OC)c(O)c4[C@@]2(CCN3C)CC1=O. The molecule has 7 heteroatoms. The number of carbonyl (C=O) groups excluding carboxylic acids is 1. The minimum Gasteiger partial charge on any atom is -0.504 e. The zero-order valence-electron chi connectivity index (χ0n) is 19.4. The van der Waals surface area contributed by atoms with Gasteiger partial charge in [0.05, 0.1) is 21.3 Å². The number of likely N-dealkylation sites (tertiary alicyclic amines) is 1. The van der Waals surface area contributed by atoms with Gasteiger partial charge in [-0.05, 0) is 44.6 Å². The smallest absolute Gasteiger partial charge is 0.197 e. The molecule has 0 unspecified atom stereocenters. The third-order valence-electron chi connectivity index (χ3n) is 7.58. The van der Waals surface area contributed by atoms with E-state index < -0.39 is 5.41 Å². The van der Waals surface area contributed by atoms with Crippen LogP contribution in [0.3, 0.4) is 0 Å². The minimum atomic E-state index is -0.540. The average molecular weight is 452 g/mol. The molecule has 2 bridgehead atoms. The summed E-state index contributed by atoms with van der Waals surface area (Å²) in [7, 11) is 6.78. The van der Waals surface area contributed by atoms with Gasteiger partial charge in [0.25, 0.3) is 0 Å². The molecule has 2 aliphatic carbocycles. The quantitative estimate of drug-likeness (QED) is 0.741. The van der Waals surface area contributed by atoms with Crippen LogP contribution in [0.4, 0.5) is 0 Å². The van der Waals surface area contributed by atoms with E-state index in [4.69, 9.17) is 18.9 Å². The summed E-state index contributed by atoms with van der Waals surface area (Å²) in [5, 5.41) is 11.4. The second-order valence-corrected chi connectivity index (χ2v) is 9.05. The van der Waals surface area contributed by atoms with E-state index in [0.29, 0.717) is 35.2 Å². The molecule has 33 heavy (non-hydrogen) atoms. The summed E-state index contributed by atoms with van der Waals surface area (Å²) in [6, 6.07) is 9.34. The molecule has 0 radical (unpaired) electrons. The first-order valence-corrected chi connectivity index (χ1v) is 11.2. The maximum Gasteiger partial charge on any atom is 0.197 e. The minimum absolute atomic E-state index is 0.0357. The number of fused-ring (bicyclic) bond motifs is 1. The first-order chi connectivity index (χ1) is 15.9. The molecule has 1 N–H and O–H groups in total. The molecule has 0 aromatic heterocycles. The van der Waals surface area contributed by atoms with Crippen molar-refractivity contribution in [3.8, 4) is 28.7 Å². The molecule has 7 nitrogen and oxygen atoms in total. The maximum atomic E-state index is 13.0. The first kappa shape index (κ1) is 21.6. The van der Waals surface area contributed by atoms with Gasteiger partial charge < -0.3 is 29.0 Å². The molecule has 1 aliphatic heterocycles. The number of phenols is 1. The van der Waals surface area contributed by atoms with Crippen molar-refractivity contribution < 1.29 is 28.8 Å². The van der Waals surface area contributed by atoms with Crippen LogP contribution in [-0.2, 0) is 21.4 Å². The Morgan fingerprint density at radius 3 is 2.45 bits per heavy atom. The normalized spacial score (nSPS) is 26.1. The van der Waals surface area contributed by atoms with Crippen LogP contribution >= 0.6 is 0 Å². The molecule has 2 aromatic rings. The lowest BCUT2D eigenvalue weighted by atomic mass is 9.53. The number of benzene rings is 2. The van der Waals surface area contributed by atoms with Gasteiger partial charge >= 0.3 is 0 Å². The number of nitrogens with zero attached hydrogens (tertiary/aromatic N) is 1. The molecule has 0 spiro atoms. The van der Waals surface area contributed by atoms with Crippen LogP contribution in [0, 0.1) is 5.92 Å². The first-order valence-electron chi connectivity index (χ1n) is 11.2. The van der Waals surface area contributed by atoms with Gasteiger partial charge in [-0.3, -0.25) is 4.79 Å². The number of methoxy groups -OCH3 is 3. The molecule has 174 valence electrons. The highest BCUT2D eigenvalue weighted by Crippen LogP contribution is 2.59. The van der Waals surface area contributed by atoms with E-state index in [1.807, 2.05) is 30.3 Å². The number of para-hydroxylation sites is 2. The van der Waals surface area contributed by atoms with Crippen LogP contribution in [0.15, 0.2) is 42.2 Å². The maximum absolute atomic E-state index is 13.0. The van der Waals surface area contributed by atoms with Crippen LogP contribution in [0.2, 0.25) is 0 Å². The Balaban J connectivity index is 1.73. The lowest BCUT2D eigenvalue weighted by molar-refractivity contribution is -0.122. The summed E-state index contributed by atoms with van der Waals surface area (Å²) in [5.74, 6) is 2.63. The molecule has 2 aromatic carbocycles. The number of likely N-dealkylation sites (N-methyl/N-ethyl adjacent to an activating group) is 1. The third-order valence-corrected chi connectivity index (χ3v) is 7.58. The topological polar surface area (TPSA) is 77.5 Å². The second kappa shape index (κ2) is 7.99. The highest BCUT2D eigenvalue weighted by atomic mass is 16.5. The Morgan fingerprint density at radius 1 is 1.03 bits per heavy atom. The van der Waals surface area contributed by atoms with E-state index in [1.54, 1.807) is 13.2 Å². The second-order valence-electron chi connectivity index (χ2n) is 9.05. The van der Waals surface area contributed by atoms with Crippen LogP contribution in [-0.4, -0.2) is 56.8 Å². The number of phenolic OH excluding ortho intramolecular Hbond substituents is 1. The number of Topliss-reactive ketones (excluding diaryl/α,β-unsaturated/α-hetero) is 1. The lowest BCUT2D eigenvalue weighted by Gasteiger charge is -2.56. The zero-order chi connectivity index (χ0) is 23.3. The molecule has 0 saturated carbocycles. The molecular formula is C26H29NO6. The van der Waals surface area contributed by atoms with Gasteiger partial charge in [0.2, 0.25) is 0 Å². The number of hydrogen-bond acceptors (Lipinski definition) is 7. The number of aromatic hydroxyl groups is 1. The zero-order valence-corrected chi connectivity index (χ0v) is 19.4. The van der Waals surface area contributed by atoms with Crippen molar-refractivity contribution in [1.29, 1.82) is 0 Å². The summed E-state index contributed by atoms with van der Waals surface area (Å²) in [6.07, 6.45) is 3.66. The summed E-state index contributed by atoms with van der Waals surface area (Å²) in [6.45, 7) is 0.837. The number of rotatable bonds is 5. The van der Waals surface area contributed by atoms with Gasteiger partial charge in [0.1, 0.15) is 5.75 Å². The Labute approximate surface area is 193 Å². The van der Waals surface area contributed by atoms with E-state index in [1.165, 1.54) is 14.2 Å². The monoisotopic (exact) mass is 451 g/mol. The molecule has 1 heterocycles. The number of ketones is 1. The summed E-state index contributed by atoms with van der Waals surface area (Å²) in [4.78, 5) is 15.4. The van der Waals surface area contributed by atoms with Gasteiger partial charge in [0, 0.05) is 41.0 Å². The fraction of sp³-hybridized carbons (Fsp3) is 0.423. The standard InChI is InChI=1S/C26H29NO6/c1-27-10-9-26-14-18(28)22(31-3)12-16(26)17(27)11-15-21(13-23(32-4)25(29)24(15)26)33-20-8-6-5-7-19(20)30-2/h5-8,12-13,16-17,29H,9-11,14H2,1-4H3/t16-,17-,26+/m1/s1. The molecule has 3 atom stereocenters. The lowest BCUT2D eigenvalue weighted by Crippen LogP contribution is -2.60. The van der Waals surface area contributed by atoms with Crippen molar-refractivity contribution >= 4 is 5.78 Å². The molecule has 5 rings (SSSR count). The Hall–Kier alpha value is -3.19. The number of hydrogen-bond donors (Lipinski definition) is 1. The van der Waals surface area contributed by atoms with Gasteiger partial charge in [-0.15, -0.1) is 0 Å². The van der Waals surface area contributed by atoms with Crippen molar-refractivity contribution in [1.82, 2.24) is 4.90 Å². The van der Waals surface area contributed by atoms with Gasteiger partial charge in [-0.1, -0.05) is 12.1 Å². The van der Waals surface area contributed by atoms with Crippen molar-refractivity contribution in [3.63, 3.8) is 0 Å². The molecule has 1 saturated heterocycles. The van der Waals surface area contributed by atoms with E-state index in [-0.39, 0.29) is 29.9 Å². The predicted molar refractivity (Wildman–Crippen MR) is 122 cm³/mol. The largest absolute Gasteiger partial charge is 0.504 e. The highest BCUT2D eigenvalue weighted by molar-refractivity contribution is 5.96. The molecule has 3 aliphatic rings. The highest BCUT2D eigenvalue weighted by Gasteiger charge is 2.57. The fourth-order valence-corrected chi connectivity index (χ4v) is 5.98. The van der Waals surface area contributed by atoms with Gasteiger partial charge in [-0.25, -0.2) is 0 Å². The number of piperidine rings is 1. The van der Waals surface area contributed by atoms with Gasteiger partial charge in [0.15, 0.2) is 34.5 Å². The van der Waals surface area contributed by atoms with Crippen molar-refractivity contribution in [2.24, 2.45) is 5.92 Å². The predicted octanol–water partition coefficient (Wildman–Crippen LogP) is 3.82. The fourth-order valence-electron chi connectivity index (χ4n) is 5.98. The number of carbonyl (C=O) groups is 1. The average Bonchev–Trinajstić information content (AvgIpc) is 2.82. The van der Waals surface area contributed by atoms with E-state index >= 15 is 0 Å². The third kappa shape index (κ3) is 3.17. The summed E-state index contributed by atoms with van der Waals surface area (Å²) < 4.78 is 22.8. The van der Waals surface area contributed by atoms with E-state index in [0.717, 1.165) is 24.1 Å². The van der Waals surface area contributed by atoms with Crippen LogP contribution in [0.1, 0.15) is 24.0 Å². The molecule has 1 fully saturated rings. The van der Waals surface area contributed by atoms with Crippen LogP contribution < -0.4 is 14.2 Å². The van der Waals surface area contributed by atoms with Crippen LogP contribution in [0.5, 0.6) is 28.7 Å². The number of allylic oxidation sites excluding steroid dienone is 1. The van der Waals surface area contributed by atoms with Crippen LogP contribution in [0.25, 0.3) is 0 Å². The van der Waals surface area contributed by atoms with Crippen molar-refractivity contribution in [2.45, 2.75) is 30.7 Å². The van der Waals surface area contributed by atoms with Crippen molar-refractivity contribution in [2.75, 3.05) is 34.9 Å². The Bertz CT molecular complexity index is 1140. The van der Waals surface area contributed by atoms with E-state index in [2.05, 4.69) is 11.9 Å². The van der Waals surface area contributed by atoms with Crippen molar-refractivity contribution in [3.05, 3.63) is 53.3 Å². The Kier molecular flexibility index (Phi) is 5.24. The summed E-state index contributed by atoms with van der Waals surface area (Å²) in [5.41, 5.74) is 1.14. The Morgan fingerprint density at radius 2 is 1.76 bits per heavy atom. The molecule has 0 amide bonds.